The van der Waals surface area contributed by atoms with Crippen LogP contribution in [0.1, 0.15) is 23.3 Å². The average molecular weight is 314 g/mol. The number of thiophene rings is 1. The Balaban J connectivity index is 1.95. The van der Waals surface area contributed by atoms with Gasteiger partial charge >= 0.3 is 0 Å². The fourth-order valence-corrected chi connectivity index (χ4v) is 4.29. The van der Waals surface area contributed by atoms with E-state index in [1.54, 1.807) is 11.3 Å². The van der Waals surface area contributed by atoms with E-state index in [1.807, 2.05) is 0 Å². The first-order valence-electron chi connectivity index (χ1n) is 7.20. The van der Waals surface area contributed by atoms with Gasteiger partial charge in [0.1, 0.15) is 22.2 Å². The molecule has 0 saturated carbocycles. The zero-order valence-corrected chi connectivity index (χ0v) is 12.5. The molecule has 0 fully saturated rings. The number of aromatic hydroxyl groups is 2. The van der Waals surface area contributed by atoms with E-state index in [-0.39, 0.29) is 17.1 Å². The Kier molecular flexibility index (Phi) is 2.94. The van der Waals surface area contributed by atoms with Crippen molar-refractivity contribution in [3.05, 3.63) is 39.0 Å². The topological polar surface area (TPSA) is 86.2 Å². The number of hydrogen-bond acceptors (Lipinski definition) is 5. The molecule has 112 valence electrons. The lowest BCUT2D eigenvalue weighted by molar-refractivity contribution is 0.451. The summed E-state index contributed by atoms with van der Waals surface area (Å²) in [5.74, 6) is 0.230. The predicted octanol–water partition coefficient (Wildman–Crippen LogP) is 2.94. The minimum atomic E-state index is -0.151. The number of aryl methyl sites for hydroxylation is 2. The van der Waals surface area contributed by atoms with Gasteiger partial charge in [0.05, 0.1) is 5.39 Å². The molecule has 1 aromatic carbocycles. The van der Waals surface area contributed by atoms with Crippen molar-refractivity contribution < 1.29 is 10.2 Å². The largest absolute Gasteiger partial charge is 0.508 e. The van der Waals surface area contributed by atoms with Gasteiger partial charge in [0.15, 0.2) is 0 Å². The molecule has 6 heteroatoms. The maximum absolute atomic E-state index is 12.5. The smallest absolute Gasteiger partial charge is 0.260 e. The van der Waals surface area contributed by atoms with Crippen LogP contribution in [0.3, 0.4) is 0 Å². The first-order valence-corrected chi connectivity index (χ1v) is 8.01. The summed E-state index contributed by atoms with van der Waals surface area (Å²) in [5, 5.41) is 19.9. The minimum absolute atomic E-state index is 0.0665. The van der Waals surface area contributed by atoms with E-state index in [1.165, 1.54) is 23.1 Å². The number of nitrogens with zero attached hydrogens (tertiary/aromatic N) is 1. The first-order chi connectivity index (χ1) is 10.6. The summed E-state index contributed by atoms with van der Waals surface area (Å²) in [6, 6.07) is 4.18. The first kappa shape index (κ1) is 13.3. The van der Waals surface area contributed by atoms with E-state index in [2.05, 4.69) is 9.97 Å². The second-order valence-electron chi connectivity index (χ2n) is 5.54. The number of phenols is 2. The van der Waals surface area contributed by atoms with Gasteiger partial charge in [0, 0.05) is 16.5 Å². The number of H-pyrrole nitrogens is 1. The van der Waals surface area contributed by atoms with Crippen molar-refractivity contribution in [2.45, 2.75) is 25.7 Å². The molecule has 0 saturated heterocycles. The summed E-state index contributed by atoms with van der Waals surface area (Å²) >= 11 is 1.58. The van der Waals surface area contributed by atoms with Crippen LogP contribution in [0.5, 0.6) is 11.5 Å². The van der Waals surface area contributed by atoms with Gasteiger partial charge in [0.25, 0.3) is 5.56 Å². The number of fused-ring (bicyclic) bond motifs is 3. The van der Waals surface area contributed by atoms with Gasteiger partial charge in [-0.25, -0.2) is 4.98 Å². The summed E-state index contributed by atoms with van der Waals surface area (Å²) in [6.45, 7) is 0. The molecule has 0 aliphatic heterocycles. The Bertz CT molecular complexity index is 922. The fraction of sp³-hybridized carbons (Fsp3) is 0.250. The molecule has 0 radical (unpaired) electrons. The third-order valence-corrected chi connectivity index (χ3v) is 5.19. The third-order valence-electron chi connectivity index (χ3n) is 4.00. The van der Waals surface area contributed by atoms with E-state index in [9.17, 15) is 15.0 Å². The van der Waals surface area contributed by atoms with Gasteiger partial charge in [-0.1, -0.05) is 0 Å². The number of rotatable bonds is 1. The number of nitrogens with one attached hydrogen (secondary N) is 1. The van der Waals surface area contributed by atoms with E-state index >= 15 is 0 Å². The van der Waals surface area contributed by atoms with Crippen LogP contribution in [0.15, 0.2) is 23.0 Å². The quantitative estimate of drug-likeness (QED) is 0.644. The number of aromatic nitrogens is 2. The van der Waals surface area contributed by atoms with Crippen LogP contribution in [-0.2, 0) is 12.8 Å². The lowest BCUT2D eigenvalue weighted by atomic mass is 9.97. The fourth-order valence-electron chi connectivity index (χ4n) is 3.03. The molecule has 1 aliphatic rings. The molecule has 0 atom stereocenters. The Morgan fingerprint density at radius 3 is 2.59 bits per heavy atom. The average Bonchev–Trinajstić information content (AvgIpc) is 2.84. The van der Waals surface area contributed by atoms with Crippen molar-refractivity contribution in [3.8, 4) is 22.9 Å². The van der Waals surface area contributed by atoms with Crippen LogP contribution in [-0.4, -0.2) is 20.2 Å². The molecule has 3 aromatic rings. The van der Waals surface area contributed by atoms with E-state index < -0.39 is 0 Å². The molecule has 1 aliphatic carbocycles. The minimum Gasteiger partial charge on any atom is -0.508 e. The molecule has 3 N–H and O–H groups in total. The summed E-state index contributed by atoms with van der Waals surface area (Å²) in [5.41, 5.74) is 1.48. The highest BCUT2D eigenvalue weighted by Gasteiger charge is 2.20. The van der Waals surface area contributed by atoms with Crippen molar-refractivity contribution in [3.63, 3.8) is 0 Å². The Hall–Kier alpha value is -2.34. The molecule has 5 nitrogen and oxygen atoms in total. The van der Waals surface area contributed by atoms with Gasteiger partial charge in [-0.2, -0.15) is 0 Å². The number of phenolic OH excluding ortho intramolecular Hbond substituents is 2. The van der Waals surface area contributed by atoms with Gasteiger partial charge in [-0.05, 0) is 43.4 Å². The molecule has 0 spiro atoms. The van der Waals surface area contributed by atoms with Gasteiger partial charge in [-0.3, -0.25) is 4.79 Å². The van der Waals surface area contributed by atoms with Crippen LogP contribution < -0.4 is 5.56 Å². The monoisotopic (exact) mass is 314 g/mol. The molecular formula is C16H14N2O3S. The maximum Gasteiger partial charge on any atom is 0.260 e. The van der Waals surface area contributed by atoms with Crippen LogP contribution in [0.4, 0.5) is 0 Å². The van der Waals surface area contributed by atoms with Crippen molar-refractivity contribution in [2.24, 2.45) is 0 Å². The summed E-state index contributed by atoms with van der Waals surface area (Å²) in [4.78, 5) is 21.8. The predicted molar refractivity (Wildman–Crippen MR) is 85.6 cm³/mol. The third kappa shape index (κ3) is 2.07. The molecule has 4 rings (SSSR count). The zero-order valence-electron chi connectivity index (χ0n) is 11.7. The van der Waals surface area contributed by atoms with Crippen LogP contribution >= 0.6 is 11.3 Å². The number of aromatic amines is 1. The molecule has 22 heavy (non-hydrogen) atoms. The van der Waals surface area contributed by atoms with Gasteiger partial charge in [0.2, 0.25) is 0 Å². The van der Waals surface area contributed by atoms with Crippen LogP contribution in [0.25, 0.3) is 21.6 Å². The van der Waals surface area contributed by atoms with Crippen molar-refractivity contribution in [1.82, 2.24) is 9.97 Å². The molecule has 0 amide bonds. The Morgan fingerprint density at radius 2 is 1.82 bits per heavy atom. The highest BCUT2D eigenvalue weighted by Crippen LogP contribution is 2.34. The van der Waals surface area contributed by atoms with E-state index in [0.29, 0.717) is 16.8 Å². The Labute approximate surface area is 129 Å². The molecular weight excluding hydrogens is 300 g/mol. The van der Waals surface area contributed by atoms with Crippen molar-refractivity contribution >= 4 is 21.6 Å². The Morgan fingerprint density at radius 1 is 1.09 bits per heavy atom. The second-order valence-corrected chi connectivity index (χ2v) is 6.63. The highest BCUT2D eigenvalue weighted by atomic mass is 32.1. The summed E-state index contributed by atoms with van der Waals surface area (Å²) in [6.07, 6.45) is 4.22. The van der Waals surface area contributed by atoms with Gasteiger partial charge in [-0.15, -0.1) is 11.3 Å². The van der Waals surface area contributed by atoms with Crippen molar-refractivity contribution in [1.29, 1.82) is 0 Å². The van der Waals surface area contributed by atoms with Gasteiger partial charge < -0.3 is 15.2 Å². The molecule has 0 unspecified atom stereocenters. The van der Waals surface area contributed by atoms with Crippen LogP contribution in [0, 0.1) is 0 Å². The lowest BCUT2D eigenvalue weighted by Crippen LogP contribution is -2.11. The summed E-state index contributed by atoms with van der Waals surface area (Å²) < 4.78 is 0. The van der Waals surface area contributed by atoms with Crippen LogP contribution in [0.2, 0.25) is 0 Å². The highest BCUT2D eigenvalue weighted by molar-refractivity contribution is 7.18. The molecule has 2 heterocycles. The maximum atomic E-state index is 12.5. The lowest BCUT2D eigenvalue weighted by Gasteiger charge is -2.09. The SMILES string of the molecule is O=c1[nH]c(-c2cc(O)cc(O)c2)nc2sc3c(c12)CCCC3. The summed E-state index contributed by atoms with van der Waals surface area (Å²) in [7, 11) is 0. The standard InChI is InChI=1S/C16H14N2O3S/c19-9-5-8(6-10(20)7-9)14-17-15(21)13-11-3-1-2-4-12(11)22-16(13)18-14/h5-7,19-20H,1-4H2,(H,17,18,21). The number of hydrogen-bond donors (Lipinski definition) is 3. The molecule has 2 aromatic heterocycles. The molecule has 0 bridgehead atoms. The van der Waals surface area contributed by atoms with Crippen molar-refractivity contribution in [2.75, 3.05) is 0 Å². The zero-order chi connectivity index (χ0) is 15.3. The van der Waals surface area contributed by atoms with E-state index in [0.717, 1.165) is 36.1 Å². The second kappa shape index (κ2) is 4.84. The van der Waals surface area contributed by atoms with E-state index in [4.69, 9.17) is 0 Å². The normalized spacial score (nSPS) is 14.2. The number of benzene rings is 1.